The van der Waals surface area contributed by atoms with E-state index in [2.05, 4.69) is 10.4 Å². The molecule has 0 bridgehead atoms. The molecule has 20 heavy (non-hydrogen) atoms. The summed E-state index contributed by atoms with van der Waals surface area (Å²) >= 11 is 0. The van der Waals surface area contributed by atoms with E-state index in [9.17, 15) is 9.18 Å². The summed E-state index contributed by atoms with van der Waals surface area (Å²) in [4.78, 5) is 11.8. The molecule has 1 N–H and O–H groups in total. The van der Waals surface area contributed by atoms with Crippen molar-refractivity contribution in [1.82, 2.24) is 9.78 Å². The molecule has 0 spiro atoms. The molecule has 0 radical (unpaired) electrons. The minimum Gasteiger partial charge on any atom is -0.322 e. The molecule has 0 fully saturated rings. The van der Waals surface area contributed by atoms with Gasteiger partial charge in [0.05, 0.1) is 5.69 Å². The summed E-state index contributed by atoms with van der Waals surface area (Å²) in [5.74, 6) is -0.691. The summed E-state index contributed by atoms with van der Waals surface area (Å²) in [5, 5.41) is 6.87. The molecule has 0 aliphatic carbocycles. The predicted octanol–water partition coefficient (Wildman–Crippen LogP) is 2.83. The van der Waals surface area contributed by atoms with Crippen LogP contribution in [-0.4, -0.2) is 15.7 Å². The number of carbonyl (C=O) groups is 1. The molecule has 104 valence electrons. The van der Waals surface area contributed by atoms with E-state index in [0.717, 1.165) is 17.0 Å². The summed E-state index contributed by atoms with van der Waals surface area (Å²) < 4.78 is 14.8. The van der Waals surface area contributed by atoms with Crippen molar-refractivity contribution in [1.29, 1.82) is 0 Å². The third kappa shape index (κ3) is 3.12. The lowest BCUT2D eigenvalue weighted by Gasteiger charge is -2.01. The third-order valence-corrected chi connectivity index (χ3v) is 3.06. The molecule has 0 saturated heterocycles. The first kappa shape index (κ1) is 14.0. The molecule has 1 aromatic carbocycles. The third-order valence-electron chi connectivity index (χ3n) is 3.06. The molecule has 2 aromatic rings. The van der Waals surface area contributed by atoms with Crippen LogP contribution in [0.2, 0.25) is 0 Å². The Labute approximate surface area is 116 Å². The molecule has 0 saturated carbocycles. The summed E-state index contributed by atoms with van der Waals surface area (Å²) in [6, 6.07) is 5.78. The number of anilines is 1. The topological polar surface area (TPSA) is 46.9 Å². The molecular weight excluding hydrogens is 257 g/mol. The average molecular weight is 273 g/mol. The highest BCUT2D eigenvalue weighted by molar-refractivity contribution is 6.02. The number of hydrogen-bond acceptors (Lipinski definition) is 2. The normalized spacial score (nSPS) is 11.0. The molecule has 0 aliphatic rings. The lowest BCUT2D eigenvalue weighted by Crippen LogP contribution is -2.07. The maximum absolute atomic E-state index is 13.0. The van der Waals surface area contributed by atoms with Crippen LogP contribution in [0.3, 0.4) is 0 Å². The summed E-state index contributed by atoms with van der Waals surface area (Å²) in [7, 11) is 1.85. The van der Waals surface area contributed by atoms with E-state index in [-0.39, 0.29) is 11.7 Å². The van der Waals surface area contributed by atoms with E-state index in [1.54, 1.807) is 22.9 Å². The van der Waals surface area contributed by atoms with Crippen molar-refractivity contribution in [3.63, 3.8) is 0 Å². The Kier molecular flexibility index (Phi) is 3.98. The quantitative estimate of drug-likeness (QED) is 0.874. The Bertz CT molecular complexity index is 674. The monoisotopic (exact) mass is 273 g/mol. The summed E-state index contributed by atoms with van der Waals surface area (Å²) in [6.45, 7) is 3.82. The highest BCUT2D eigenvalue weighted by Crippen LogP contribution is 2.14. The zero-order valence-corrected chi connectivity index (χ0v) is 11.6. The Balaban J connectivity index is 2.10. The zero-order chi connectivity index (χ0) is 14.7. The van der Waals surface area contributed by atoms with Crippen molar-refractivity contribution in [3.8, 4) is 0 Å². The van der Waals surface area contributed by atoms with E-state index in [4.69, 9.17) is 0 Å². The van der Waals surface area contributed by atoms with Gasteiger partial charge in [-0.3, -0.25) is 9.48 Å². The Morgan fingerprint density at radius 3 is 2.75 bits per heavy atom. The molecule has 2 rings (SSSR count). The summed E-state index contributed by atoms with van der Waals surface area (Å²) in [6.07, 6.45) is 3.13. The zero-order valence-electron chi connectivity index (χ0n) is 11.6. The van der Waals surface area contributed by atoms with Crippen LogP contribution in [-0.2, 0) is 11.8 Å². The second kappa shape index (κ2) is 5.69. The van der Waals surface area contributed by atoms with Gasteiger partial charge >= 0.3 is 0 Å². The first-order chi connectivity index (χ1) is 9.47. The number of aromatic nitrogens is 2. The molecular formula is C15H16FN3O. The second-order valence-corrected chi connectivity index (χ2v) is 4.54. The van der Waals surface area contributed by atoms with Crippen molar-refractivity contribution in [3.05, 3.63) is 53.1 Å². The fraction of sp³-hybridized carbons (Fsp3) is 0.200. The van der Waals surface area contributed by atoms with Gasteiger partial charge in [0, 0.05) is 30.1 Å². The van der Waals surface area contributed by atoms with Crippen LogP contribution in [0.15, 0.2) is 30.3 Å². The van der Waals surface area contributed by atoms with Gasteiger partial charge in [0.15, 0.2) is 0 Å². The summed E-state index contributed by atoms with van der Waals surface area (Å²) in [5.41, 5.74) is 3.19. The lowest BCUT2D eigenvalue weighted by molar-refractivity contribution is -0.111. The largest absolute Gasteiger partial charge is 0.322 e. The lowest BCUT2D eigenvalue weighted by atomic mass is 10.2. The van der Waals surface area contributed by atoms with Crippen molar-refractivity contribution in [2.75, 3.05) is 5.32 Å². The molecule has 1 aromatic heterocycles. The number of halogens is 1. The maximum atomic E-state index is 13.0. The smallest absolute Gasteiger partial charge is 0.248 e. The molecule has 5 heteroatoms. The maximum Gasteiger partial charge on any atom is 0.248 e. The number of nitrogens with zero attached hydrogens (tertiary/aromatic N) is 2. The Hall–Kier alpha value is -2.43. The molecule has 0 aliphatic heterocycles. The molecule has 4 nitrogen and oxygen atoms in total. The van der Waals surface area contributed by atoms with Crippen molar-refractivity contribution >= 4 is 17.7 Å². The minimum absolute atomic E-state index is 0.307. The van der Waals surface area contributed by atoms with Gasteiger partial charge in [-0.15, -0.1) is 0 Å². The SMILES string of the molecule is Cc1nn(C)c(C)c1C=CC(=O)Nc1cccc(F)c1. The minimum atomic E-state index is -0.384. The van der Waals surface area contributed by atoms with E-state index in [1.165, 1.54) is 18.2 Å². The van der Waals surface area contributed by atoms with Crippen LogP contribution >= 0.6 is 0 Å². The highest BCUT2D eigenvalue weighted by Gasteiger charge is 2.06. The average Bonchev–Trinajstić information content (AvgIpc) is 2.61. The van der Waals surface area contributed by atoms with Crippen molar-refractivity contribution in [2.45, 2.75) is 13.8 Å². The fourth-order valence-electron chi connectivity index (χ4n) is 1.94. The number of benzene rings is 1. The van der Waals surface area contributed by atoms with E-state index in [1.807, 2.05) is 20.9 Å². The van der Waals surface area contributed by atoms with Gasteiger partial charge in [0.1, 0.15) is 5.82 Å². The van der Waals surface area contributed by atoms with Gasteiger partial charge in [0.2, 0.25) is 5.91 Å². The number of hydrogen-bond donors (Lipinski definition) is 1. The Morgan fingerprint density at radius 2 is 2.15 bits per heavy atom. The van der Waals surface area contributed by atoms with Crippen molar-refractivity contribution < 1.29 is 9.18 Å². The van der Waals surface area contributed by atoms with Crippen LogP contribution in [0.1, 0.15) is 17.0 Å². The molecule has 1 amide bonds. The van der Waals surface area contributed by atoms with E-state index in [0.29, 0.717) is 5.69 Å². The van der Waals surface area contributed by atoms with E-state index >= 15 is 0 Å². The molecule has 0 unspecified atom stereocenters. The van der Waals surface area contributed by atoms with Gasteiger partial charge in [-0.1, -0.05) is 6.07 Å². The number of rotatable bonds is 3. The van der Waals surface area contributed by atoms with Gasteiger partial charge in [-0.2, -0.15) is 5.10 Å². The number of nitrogens with one attached hydrogen (secondary N) is 1. The van der Waals surface area contributed by atoms with Crippen molar-refractivity contribution in [2.24, 2.45) is 7.05 Å². The molecule has 1 heterocycles. The van der Waals surface area contributed by atoms with Crippen LogP contribution < -0.4 is 5.32 Å². The first-order valence-electron chi connectivity index (χ1n) is 6.22. The number of aryl methyl sites for hydroxylation is 2. The Morgan fingerprint density at radius 1 is 1.40 bits per heavy atom. The van der Waals surface area contributed by atoms with Crippen LogP contribution in [0.4, 0.5) is 10.1 Å². The van der Waals surface area contributed by atoms with Gasteiger partial charge in [-0.05, 0) is 38.1 Å². The van der Waals surface area contributed by atoms with Crippen LogP contribution in [0, 0.1) is 19.7 Å². The number of carbonyl (C=O) groups excluding carboxylic acids is 1. The van der Waals surface area contributed by atoms with Crippen LogP contribution in [0.5, 0.6) is 0 Å². The standard InChI is InChI=1S/C15H16FN3O/c1-10-14(11(2)19(3)18-10)7-8-15(20)17-13-6-4-5-12(16)9-13/h4-9H,1-3H3,(H,17,20). The van der Waals surface area contributed by atoms with Gasteiger partial charge in [0.25, 0.3) is 0 Å². The highest BCUT2D eigenvalue weighted by atomic mass is 19.1. The fourth-order valence-corrected chi connectivity index (χ4v) is 1.94. The second-order valence-electron chi connectivity index (χ2n) is 4.54. The van der Waals surface area contributed by atoms with Gasteiger partial charge < -0.3 is 5.32 Å². The first-order valence-corrected chi connectivity index (χ1v) is 6.22. The van der Waals surface area contributed by atoms with Gasteiger partial charge in [-0.25, -0.2) is 4.39 Å². The predicted molar refractivity (Wildman–Crippen MR) is 76.7 cm³/mol. The molecule has 0 atom stereocenters. The van der Waals surface area contributed by atoms with Crippen LogP contribution in [0.25, 0.3) is 6.08 Å². The van der Waals surface area contributed by atoms with E-state index < -0.39 is 0 Å². The number of amides is 1.